The summed E-state index contributed by atoms with van der Waals surface area (Å²) < 4.78 is 26.7. The van der Waals surface area contributed by atoms with E-state index in [4.69, 9.17) is 11.6 Å². The lowest BCUT2D eigenvalue weighted by atomic mass is 10.00. The third kappa shape index (κ3) is 5.10. The number of carbonyl (C=O) groups is 2. The van der Waals surface area contributed by atoms with Crippen LogP contribution in [-0.4, -0.2) is 26.0 Å². The molecule has 33 heavy (non-hydrogen) atoms. The first-order valence-corrected chi connectivity index (χ1v) is 12.5. The second-order valence-corrected chi connectivity index (χ2v) is 10.5. The number of carbonyl (C=O) groups excluding carboxylic acids is 2. The Morgan fingerprint density at radius 1 is 1.06 bits per heavy atom. The van der Waals surface area contributed by atoms with Gasteiger partial charge in [0.25, 0.3) is 0 Å². The molecule has 0 bridgehead atoms. The van der Waals surface area contributed by atoms with E-state index in [0.29, 0.717) is 40.4 Å². The van der Waals surface area contributed by atoms with Crippen LogP contribution in [0.2, 0.25) is 5.02 Å². The first-order chi connectivity index (χ1) is 15.7. The van der Waals surface area contributed by atoms with Gasteiger partial charge < -0.3 is 10.6 Å². The molecule has 3 aromatic rings. The molecule has 2 amide bonds. The standard InChI is InChI=1S/C25H23ClN2O4S/c1-16-21(26)8-5-9-22(16)28-25(30)20(17-6-3-2-4-7-17)15-33(31,32)19-11-12-23-18(14-19)10-13-24(29)27-23/h2-9,11-12,14,20H,10,13,15H2,1H3,(H,27,29)(H,28,30). The van der Waals surface area contributed by atoms with Gasteiger partial charge in [-0.2, -0.15) is 0 Å². The summed E-state index contributed by atoms with van der Waals surface area (Å²) in [7, 11) is -3.81. The quantitative estimate of drug-likeness (QED) is 0.531. The Morgan fingerprint density at radius 2 is 1.82 bits per heavy atom. The molecule has 0 spiro atoms. The summed E-state index contributed by atoms with van der Waals surface area (Å²) in [6, 6.07) is 18.7. The Labute approximate surface area is 197 Å². The molecule has 0 fully saturated rings. The van der Waals surface area contributed by atoms with Crippen molar-refractivity contribution >= 4 is 44.6 Å². The van der Waals surface area contributed by atoms with Crippen molar-refractivity contribution < 1.29 is 18.0 Å². The van der Waals surface area contributed by atoms with Gasteiger partial charge >= 0.3 is 0 Å². The Bertz CT molecular complexity index is 1320. The van der Waals surface area contributed by atoms with Gasteiger partial charge in [0.05, 0.1) is 16.6 Å². The van der Waals surface area contributed by atoms with E-state index < -0.39 is 27.4 Å². The SMILES string of the molecule is Cc1c(Cl)cccc1NC(=O)C(CS(=O)(=O)c1ccc2c(c1)CCC(=O)N2)c1ccccc1. The van der Waals surface area contributed by atoms with Crippen molar-refractivity contribution in [2.75, 3.05) is 16.4 Å². The maximum absolute atomic E-state index is 13.4. The van der Waals surface area contributed by atoms with Crippen molar-refractivity contribution in [3.63, 3.8) is 0 Å². The maximum Gasteiger partial charge on any atom is 0.232 e. The zero-order valence-electron chi connectivity index (χ0n) is 18.0. The lowest BCUT2D eigenvalue weighted by molar-refractivity contribution is -0.117. The molecule has 1 atom stereocenters. The summed E-state index contributed by atoms with van der Waals surface area (Å²) in [5.74, 6) is -1.84. The third-order valence-corrected chi connectivity index (χ3v) is 7.92. The highest BCUT2D eigenvalue weighted by molar-refractivity contribution is 7.91. The average Bonchev–Trinajstić information content (AvgIpc) is 2.80. The molecule has 1 aliphatic rings. The molecule has 170 valence electrons. The molecule has 0 aliphatic carbocycles. The average molecular weight is 483 g/mol. The van der Waals surface area contributed by atoms with Gasteiger partial charge in [-0.05, 0) is 60.4 Å². The van der Waals surface area contributed by atoms with E-state index in [2.05, 4.69) is 10.6 Å². The lowest BCUT2D eigenvalue weighted by Gasteiger charge is -2.20. The number of nitrogens with one attached hydrogen (secondary N) is 2. The van der Waals surface area contributed by atoms with Crippen LogP contribution in [0.4, 0.5) is 11.4 Å². The molecular formula is C25H23ClN2O4S. The van der Waals surface area contributed by atoms with E-state index in [1.54, 1.807) is 61.5 Å². The molecule has 3 aromatic carbocycles. The predicted octanol–water partition coefficient (Wildman–Crippen LogP) is 4.73. The molecule has 6 nitrogen and oxygen atoms in total. The zero-order valence-corrected chi connectivity index (χ0v) is 19.5. The highest BCUT2D eigenvalue weighted by Gasteiger charge is 2.29. The van der Waals surface area contributed by atoms with Gasteiger partial charge in [-0.15, -0.1) is 0 Å². The summed E-state index contributed by atoms with van der Waals surface area (Å²) in [4.78, 5) is 25.0. The number of hydrogen-bond acceptors (Lipinski definition) is 4. The highest BCUT2D eigenvalue weighted by Crippen LogP contribution is 2.30. The number of hydrogen-bond donors (Lipinski definition) is 2. The summed E-state index contributed by atoms with van der Waals surface area (Å²) in [6.07, 6.45) is 0.783. The molecule has 0 saturated heterocycles. The van der Waals surface area contributed by atoms with Gasteiger partial charge in [-0.25, -0.2) is 8.42 Å². The van der Waals surface area contributed by atoms with Gasteiger partial charge in [0.2, 0.25) is 11.8 Å². The molecule has 0 aromatic heterocycles. The normalized spacial score (nSPS) is 14.2. The first kappa shape index (κ1) is 23.0. The highest BCUT2D eigenvalue weighted by atomic mass is 35.5. The van der Waals surface area contributed by atoms with E-state index in [1.165, 1.54) is 6.07 Å². The second kappa shape index (κ2) is 9.37. The minimum atomic E-state index is -3.81. The van der Waals surface area contributed by atoms with Gasteiger partial charge in [0.1, 0.15) is 0 Å². The summed E-state index contributed by atoms with van der Waals surface area (Å²) in [5.41, 5.74) is 3.24. The number of amides is 2. The third-order valence-electron chi connectivity index (χ3n) is 5.76. The van der Waals surface area contributed by atoms with Crippen molar-refractivity contribution in [2.45, 2.75) is 30.6 Å². The Morgan fingerprint density at radius 3 is 2.58 bits per heavy atom. The Balaban J connectivity index is 1.65. The number of benzene rings is 3. The van der Waals surface area contributed by atoms with Crippen LogP contribution in [0.25, 0.3) is 0 Å². The van der Waals surface area contributed by atoms with Crippen LogP contribution >= 0.6 is 11.6 Å². The van der Waals surface area contributed by atoms with Crippen LogP contribution in [0.15, 0.2) is 71.6 Å². The van der Waals surface area contributed by atoms with Gasteiger partial charge in [0, 0.05) is 22.8 Å². The fraction of sp³-hybridized carbons (Fsp3) is 0.200. The van der Waals surface area contributed by atoms with Crippen molar-refractivity contribution in [2.24, 2.45) is 0 Å². The largest absolute Gasteiger partial charge is 0.326 e. The molecule has 4 rings (SSSR count). The summed E-state index contributed by atoms with van der Waals surface area (Å²) in [5, 5.41) is 6.11. The summed E-state index contributed by atoms with van der Waals surface area (Å²) >= 11 is 6.17. The first-order valence-electron chi connectivity index (χ1n) is 10.5. The van der Waals surface area contributed by atoms with Crippen LogP contribution in [0.3, 0.4) is 0 Å². The number of sulfone groups is 1. The minimum Gasteiger partial charge on any atom is -0.326 e. The molecule has 0 saturated carbocycles. The maximum atomic E-state index is 13.4. The van der Waals surface area contributed by atoms with Gasteiger partial charge in [-0.3, -0.25) is 9.59 Å². The molecule has 1 heterocycles. The number of rotatable bonds is 6. The second-order valence-electron chi connectivity index (χ2n) is 8.01. The van der Waals surface area contributed by atoms with Crippen molar-refractivity contribution in [1.82, 2.24) is 0 Å². The molecule has 1 aliphatic heterocycles. The molecule has 1 unspecified atom stereocenters. The molecule has 8 heteroatoms. The summed E-state index contributed by atoms with van der Waals surface area (Å²) in [6.45, 7) is 1.79. The van der Waals surface area contributed by atoms with E-state index in [-0.39, 0.29) is 10.8 Å². The fourth-order valence-electron chi connectivity index (χ4n) is 3.84. The van der Waals surface area contributed by atoms with Crippen molar-refractivity contribution in [3.8, 4) is 0 Å². The van der Waals surface area contributed by atoms with E-state index >= 15 is 0 Å². The van der Waals surface area contributed by atoms with E-state index in [0.717, 1.165) is 5.56 Å². The van der Waals surface area contributed by atoms with Gasteiger partial charge in [0.15, 0.2) is 9.84 Å². The number of aryl methyl sites for hydroxylation is 1. The smallest absolute Gasteiger partial charge is 0.232 e. The minimum absolute atomic E-state index is 0.0878. The lowest BCUT2D eigenvalue weighted by Crippen LogP contribution is -2.28. The van der Waals surface area contributed by atoms with Crippen molar-refractivity contribution in [3.05, 3.63) is 88.4 Å². The van der Waals surface area contributed by atoms with Crippen LogP contribution in [-0.2, 0) is 25.8 Å². The fourth-order valence-corrected chi connectivity index (χ4v) is 5.59. The van der Waals surface area contributed by atoms with Crippen LogP contribution in [0.1, 0.15) is 29.0 Å². The van der Waals surface area contributed by atoms with E-state index in [1.807, 2.05) is 6.07 Å². The number of fused-ring (bicyclic) bond motifs is 1. The van der Waals surface area contributed by atoms with Crippen LogP contribution < -0.4 is 10.6 Å². The molecule has 0 radical (unpaired) electrons. The van der Waals surface area contributed by atoms with Crippen molar-refractivity contribution in [1.29, 1.82) is 0 Å². The topological polar surface area (TPSA) is 92.3 Å². The van der Waals surface area contributed by atoms with Crippen LogP contribution in [0.5, 0.6) is 0 Å². The van der Waals surface area contributed by atoms with Crippen LogP contribution in [0, 0.1) is 6.92 Å². The van der Waals surface area contributed by atoms with E-state index in [9.17, 15) is 18.0 Å². The molecule has 2 N–H and O–H groups in total. The number of anilines is 2. The number of halogens is 1. The Hall–Kier alpha value is -3.16. The zero-order chi connectivity index (χ0) is 23.6. The van der Waals surface area contributed by atoms with Gasteiger partial charge in [-0.1, -0.05) is 48.0 Å². The monoisotopic (exact) mass is 482 g/mol. The predicted molar refractivity (Wildman–Crippen MR) is 129 cm³/mol. The molecular weight excluding hydrogens is 460 g/mol. The Kier molecular flexibility index (Phi) is 6.54.